The fourth-order valence-corrected chi connectivity index (χ4v) is 4.43. The minimum Gasteiger partial charge on any atom is -0.461 e. The summed E-state index contributed by atoms with van der Waals surface area (Å²) in [6.07, 6.45) is 2.51. The smallest absolute Gasteiger partial charge is 0.410 e. The number of hydrogen-bond acceptors (Lipinski definition) is 8. The van der Waals surface area contributed by atoms with Gasteiger partial charge in [0.15, 0.2) is 11.5 Å². The Morgan fingerprint density at radius 1 is 1.15 bits per heavy atom. The fraction of sp³-hybridized carbons (Fsp3) is 0.393. The molecule has 2 aromatic heterocycles. The van der Waals surface area contributed by atoms with Gasteiger partial charge in [-0.05, 0) is 77.3 Å². The lowest BCUT2D eigenvalue weighted by Crippen LogP contribution is -2.37. The van der Waals surface area contributed by atoms with Crippen LogP contribution in [0, 0.1) is 6.92 Å². The molecule has 39 heavy (non-hydrogen) atoms. The van der Waals surface area contributed by atoms with Crippen molar-refractivity contribution in [3.05, 3.63) is 65.2 Å². The van der Waals surface area contributed by atoms with Crippen LogP contribution in [0.3, 0.4) is 0 Å². The third-order valence-electron chi connectivity index (χ3n) is 6.16. The normalized spacial score (nSPS) is 15.2. The summed E-state index contributed by atoms with van der Waals surface area (Å²) in [5, 5.41) is 2.77. The lowest BCUT2D eigenvalue weighted by atomic mass is 10.1. The summed E-state index contributed by atoms with van der Waals surface area (Å²) in [6.45, 7) is 9.66. The summed E-state index contributed by atoms with van der Waals surface area (Å²) < 4.78 is 12.0. The number of nitrogens with zero attached hydrogens (tertiary/aromatic N) is 4. The van der Waals surface area contributed by atoms with Crippen molar-refractivity contribution in [2.24, 2.45) is 0 Å². The standard InChI is InChI=1S/C28H34N6O5/c1-6-38-26(36)23-22(18-9-11-19(12-10-18)25(35)31-21-16-17(2)13-14-30-21)32-24(34(23)29)20-8-7-15-33(20)27(37)39-28(3,4)5/h9-14,16,20H,6-8,15,29H2,1-5H3,(H,30,31,35)/t20-/m0/s1. The van der Waals surface area contributed by atoms with E-state index in [1.165, 1.54) is 4.68 Å². The number of aryl methyl sites for hydroxylation is 1. The Morgan fingerprint density at radius 3 is 2.51 bits per heavy atom. The number of ether oxygens (including phenoxy) is 2. The van der Waals surface area contributed by atoms with E-state index in [9.17, 15) is 14.4 Å². The number of amides is 2. The first-order valence-corrected chi connectivity index (χ1v) is 12.9. The first-order chi connectivity index (χ1) is 18.5. The van der Waals surface area contributed by atoms with Crippen molar-refractivity contribution >= 4 is 23.8 Å². The maximum Gasteiger partial charge on any atom is 0.410 e. The monoisotopic (exact) mass is 534 g/mol. The number of carbonyl (C=O) groups excluding carboxylic acids is 3. The van der Waals surface area contributed by atoms with E-state index in [0.717, 1.165) is 12.0 Å². The molecule has 4 rings (SSSR count). The summed E-state index contributed by atoms with van der Waals surface area (Å²) >= 11 is 0. The molecule has 3 aromatic rings. The number of hydrogen-bond donors (Lipinski definition) is 2. The maximum atomic E-state index is 13.0. The Bertz CT molecular complexity index is 1380. The van der Waals surface area contributed by atoms with Gasteiger partial charge in [0.05, 0.1) is 12.6 Å². The number of rotatable bonds is 6. The average molecular weight is 535 g/mol. The summed E-state index contributed by atoms with van der Waals surface area (Å²) in [5.41, 5.74) is 1.64. The van der Waals surface area contributed by atoms with E-state index in [4.69, 9.17) is 20.3 Å². The molecular formula is C28H34N6O5. The van der Waals surface area contributed by atoms with Gasteiger partial charge in [-0.1, -0.05) is 12.1 Å². The molecule has 1 aromatic carbocycles. The predicted octanol–water partition coefficient (Wildman–Crippen LogP) is 4.47. The van der Waals surface area contributed by atoms with Gasteiger partial charge in [0.1, 0.15) is 17.1 Å². The van der Waals surface area contributed by atoms with Crippen LogP contribution >= 0.6 is 0 Å². The average Bonchev–Trinajstić information content (AvgIpc) is 3.48. The van der Waals surface area contributed by atoms with E-state index in [0.29, 0.717) is 41.4 Å². The van der Waals surface area contributed by atoms with Crippen LogP contribution < -0.4 is 11.2 Å². The molecule has 0 aliphatic carbocycles. The Balaban J connectivity index is 1.66. The molecule has 1 saturated heterocycles. The molecule has 3 heterocycles. The zero-order chi connectivity index (χ0) is 28.3. The maximum absolute atomic E-state index is 13.0. The molecule has 206 valence electrons. The van der Waals surface area contributed by atoms with Crippen LogP contribution in [0.5, 0.6) is 0 Å². The Morgan fingerprint density at radius 2 is 1.87 bits per heavy atom. The number of esters is 1. The van der Waals surface area contributed by atoms with Gasteiger partial charge in [0.25, 0.3) is 5.91 Å². The molecule has 0 spiro atoms. The first kappa shape index (κ1) is 27.6. The van der Waals surface area contributed by atoms with Gasteiger partial charge in [-0.15, -0.1) is 0 Å². The quantitative estimate of drug-likeness (QED) is 0.349. The zero-order valence-electron chi connectivity index (χ0n) is 22.9. The third-order valence-corrected chi connectivity index (χ3v) is 6.16. The van der Waals surface area contributed by atoms with Crippen LogP contribution in [0.25, 0.3) is 11.3 Å². The van der Waals surface area contributed by atoms with E-state index < -0.39 is 23.7 Å². The van der Waals surface area contributed by atoms with E-state index in [1.54, 1.807) is 69.1 Å². The largest absolute Gasteiger partial charge is 0.461 e. The number of pyridine rings is 1. The number of likely N-dealkylation sites (tertiary alicyclic amines) is 1. The topological polar surface area (TPSA) is 142 Å². The van der Waals surface area contributed by atoms with Gasteiger partial charge in [-0.2, -0.15) is 0 Å². The Labute approximate surface area is 227 Å². The number of carbonyl (C=O) groups is 3. The predicted molar refractivity (Wildman–Crippen MR) is 146 cm³/mol. The SMILES string of the molecule is CCOC(=O)c1c(-c2ccc(C(=O)Nc3cc(C)ccn3)cc2)nc([C@@H]2CCCN2C(=O)OC(C)(C)C)n1N. The number of imidazole rings is 1. The first-order valence-electron chi connectivity index (χ1n) is 12.9. The van der Waals surface area contributed by atoms with Gasteiger partial charge in [0, 0.05) is 23.9 Å². The summed E-state index contributed by atoms with van der Waals surface area (Å²) in [4.78, 5) is 49.1. The van der Waals surface area contributed by atoms with Crippen LogP contribution in [0.15, 0.2) is 42.6 Å². The molecule has 3 N–H and O–H groups in total. The molecule has 1 fully saturated rings. The van der Waals surface area contributed by atoms with E-state index in [1.807, 2.05) is 13.0 Å². The van der Waals surface area contributed by atoms with Crippen LogP contribution in [0.2, 0.25) is 0 Å². The molecule has 0 saturated carbocycles. The van der Waals surface area contributed by atoms with E-state index >= 15 is 0 Å². The summed E-state index contributed by atoms with van der Waals surface area (Å²) in [6, 6.07) is 9.78. The molecule has 0 bridgehead atoms. The molecule has 1 aliphatic heterocycles. The fourth-order valence-electron chi connectivity index (χ4n) is 4.43. The van der Waals surface area contributed by atoms with Crippen molar-refractivity contribution in [2.45, 2.75) is 59.1 Å². The van der Waals surface area contributed by atoms with Gasteiger partial charge < -0.3 is 20.6 Å². The van der Waals surface area contributed by atoms with Crippen LogP contribution in [0.4, 0.5) is 10.6 Å². The number of anilines is 1. The summed E-state index contributed by atoms with van der Waals surface area (Å²) in [5.74, 6) is 6.26. The number of benzene rings is 1. The molecule has 11 heteroatoms. The lowest BCUT2D eigenvalue weighted by Gasteiger charge is -2.28. The van der Waals surface area contributed by atoms with Crippen LogP contribution in [-0.2, 0) is 9.47 Å². The minimum absolute atomic E-state index is 0.0593. The molecule has 1 atom stereocenters. The zero-order valence-corrected chi connectivity index (χ0v) is 22.9. The second-order valence-electron chi connectivity index (χ2n) is 10.3. The highest BCUT2D eigenvalue weighted by molar-refractivity contribution is 6.04. The van der Waals surface area contributed by atoms with Crippen LogP contribution in [0.1, 0.15) is 78.8 Å². The Kier molecular flexibility index (Phi) is 7.89. The number of nitrogens with two attached hydrogens (primary N) is 1. The second-order valence-corrected chi connectivity index (χ2v) is 10.3. The van der Waals surface area contributed by atoms with Gasteiger partial charge in [-0.3, -0.25) is 9.69 Å². The number of nitrogens with one attached hydrogen (secondary N) is 1. The van der Waals surface area contributed by atoms with E-state index in [-0.39, 0.29) is 18.2 Å². The van der Waals surface area contributed by atoms with Gasteiger partial charge in [0.2, 0.25) is 0 Å². The highest BCUT2D eigenvalue weighted by Gasteiger charge is 2.38. The number of aromatic nitrogens is 3. The third kappa shape index (κ3) is 6.19. The van der Waals surface area contributed by atoms with Gasteiger partial charge in [-0.25, -0.2) is 24.2 Å². The Hall–Kier alpha value is -4.41. The van der Waals surface area contributed by atoms with Crippen molar-refractivity contribution in [2.75, 3.05) is 24.3 Å². The highest BCUT2D eigenvalue weighted by atomic mass is 16.6. The van der Waals surface area contributed by atoms with Crippen molar-refractivity contribution < 1.29 is 23.9 Å². The van der Waals surface area contributed by atoms with Crippen molar-refractivity contribution in [1.82, 2.24) is 19.5 Å². The minimum atomic E-state index is -0.660. The van der Waals surface area contributed by atoms with Crippen molar-refractivity contribution in [3.63, 3.8) is 0 Å². The van der Waals surface area contributed by atoms with E-state index in [2.05, 4.69) is 10.3 Å². The molecule has 0 radical (unpaired) electrons. The second kappa shape index (κ2) is 11.1. The van der Waals surface area contributed by atoms with Crippen molar-refractivity contribution in [1.29, 1.82) is 0 Å². The highest BCUT2D eigenvalue weighted by Crippen LogP contribution is 2.35. The molecule has 1 aliphatic rings. The van der Waals surface area contributed by atoms with Crippen molar-refractivity contribution in [3.8, 4) is 11.3 Å². The van der Waals surface area contributed by atoms with Crippen LogP contribution in [-0.4, -0.2) is 56.3 Å². The molecule has 2 amide bonds. The lowest BCUT2D eigenvalue weighted by molar-refractivity contribution is 0.0216. The molecule has 11 nitrogen and oxygen atoms in total. The van der Waals surface area contributed by atoms with Gasteiger partial charge >= 0.3 is 12.1 Å². The molecular weight excluding hydrogens is 500 g/mol. The summed E-state index contributed by atoms with van der Waals surface area (Å²) in [7, 11) is 0. The number of nitrogen functional groups attached to an aromatic ring is 1. The molecule has 0 unspecified atom stereocenters.